The molecule has 0 saturated carbocycles. The van der Waals surface area contributed by atoms with Gasteiger partial charge in [-0.2, -0.15) is 17.0 Å². The topological polar surface area (TPSA) is 40.6 Å². The van der Waals surface area contributed by atoms with Crippen LogP contribution >= 0.6 is 11.6 Å². The zero-order chi connectivity index (χ0) is 10.9. The Morgan fingerprint density at radius 2 is 1.80 bits per heavy atom. The zero-order valence-electron chi connectivity index (χ0n) is 8.73. The number of hydrogen-bond acceptors (Lipinski definition) is 2. The van der Waals surface area contributed by atoms with Gasteiger partial charge < -0.3 is 0 Å². The van der Waals surface area contributed by atoms with Gasteiger partial charge in [0.15, 0.2) is 0 Å². The monoisotopic (exact) mass is 252 g/mol. The van der Waals surface area contributed by atoms with E-state index in [0.29, 0.717) is 25.5 Å². The molecule has 15 heavy (non-hydrogen) atoms. The SMILES string of the molecule is O=S(=O)(N1CCCC1)N1CCCC1CCl. The van der Waals surface area contributed by atoms with Gasteiger partial charge in [-0.3, -0.25) is 0 Å². The van der Waals surface area contributed by atoms with E-state index in [0.717, 1.165) is 25.7 Å². The Morgan fingerprint density at radius 3 is 2.40 bits per heavy atom. The lowest BCUT2D eigenvalue weighted by Gasteiger charge is -2.27. The van der Waals surface area contributed by atoms with Crippen molar-refractivity contribution in [3.8, 4) is 0 Å². The average Bonchev–Trinajstić information content (AvgIpc) is 2.89. The van der Waals surface area contributed by atoms with Crippen LogP contribution in [-0.2, 0) is 10.2 Å². The first-order chi connectivity index (χ1) is 7.16. The molecule has 4 nitrogen and oxygen atoms in total. The summed E-state index contributed by atoms with van der Waals surface area (Å²) in [6.07, 6.45) is 3.80. The smallest absolute Gasteiger partial charge is 0.195 e. The summed E-state index contributed by atoms with van der Waals surface area (Å²) in [6, 6.07) is 0.0114. The molecular formula is C9H17ClN2O2S. The van der Waals surface area contributed by atoms with Crippen LogP contribution in [0.1, 0.15) is 25.7 Å². The normalized spacial score (nSPS) is 30.1. The van der Waals surface area contributed by atoms with Gasteiger partial charge in [0.05, 0.1) is 0 Å². The first-order valence-corrected chi connectivity index (χ1v) is 7.42. The molecule has 0 amide bonds. The van der Waals surface area contributed by atoms with Crippen LogP contribution in [0.2, 0.25) is 0 Å². The van der Waals surface area contributed by atoms with E-state index in [-0.39, 0.29) is 6.04 Å². The minimum absolute atomic E-state index is 0.0114. The van der Waals surface area contributed by atoms with Crippen LogP contribution in [0.15, 0.2) is 0 Å². The fourth-order valence-corrected chi connectivity index (χ4v) is 4.67. The number of rotatable bonds is 3. The molecule has 6 heteroatoms. The van der Waals surface area contributed by atoms with Crippen molar-refractivity contribution in [1.82, 2.24) is 8.61 Å². The second-order valence-electron chi connectivity index (χ2n) is 4.18. The van der Waals surface area contributed by atoms with Gasteiger partial charge in [-0.15, -0.1) is 11.6 Å². The molecule has 2 saturated heterocycles. The van der Waals surface area contributed by atoms with E-state index < -0.39 is 10.2 Å². The minimum Gasteiger partial charge on any atom is -0.195 e. The molecule has 0 spiro atoms. The Bertz CT molecular complexity index is 314. The summed E-state index contributed by atoms with van der Waals surface area (Å²) in [7, 11) is -3.22. The molecule has 0 N–H and O–H groups in total. The van der Waals surface area contributed by atoms with Gasteiger partial charge in [-0.1, -0.05) is 0 Å². The van der Waals surface area contributed by atoms with Crippen LogP contribution in [0.25, 0.3) is 0 Å². The van der Waals surface area contributed by atoms with E-state index >= 15 is 0 Å². The highest BCUT2D eigenvalue weighted by Gasteiger charge is 2.38. The second kappa shape index (κ2) is 4.57. The van der Waals surface area contributed by atoms with Crippen LogP contribution in [-0.4, -0.2) is 48.6 Å². The van der Waals surface area contributed by atoms with Crippen molar-refractivity contribution in [2.24, 2.45) is 0 Å². The molecule has 0 radical (unpaired) electrons. The Labute approximate surface area is 96.4 Å². The molecule has 2 aliphatic heterocycles. The predicted octanol–water partition coefficient (Wildman–Crippen LogP) is 1.03. The lowest BCUT2D eigenvalue weighted by atomic mass is 10.3. The third kappa shape index (κ3) is 2.16. The van der Waals surface area contributed by atoms with Crippen LogP contribution < -0.4 is 0 Å². The molecule has 0 aromatic carbocycles. The number of nitrogens with zero attached hydrogens (tertiary/aromatic N) is 2. The van der Waals surface area contributed by atoms with Crippen LogP contribution in [0.5, 0.6) is 0 Å². The molecule has 2 fully saturated rings. The molecule has 0 bridgehead atoms. The van der Waals surface area contributed by atoms with Crippen molar-refractivity contribution < 1.29 is 8.42 Å². The first kappa shape index (κ1) is 11.6. The van der Waals surface area contributed by atoms with Crippen molar-refractivity contribution in [2.45, 2.75) is 31.7 Å². The molecular weight excluding hydrogens is 236 g/mol. The lowest BCUT2D eigenvalue weighted by molar-refractivity contribution is 0.358. The van der Waals surface area contributed by atoms with Gasteiger partial charge >= 0.3 is 0 Å². The second-order valence-corrected chi connectivity index (χ2v) is 6.36. The van der Waals surface area contributed by atoms with E-state index in [1.54, 1.807) is 8.61 Å². The molecule has 0 aromatic heterocycles. The Morgan fingerprint density at radius 1 is 1.13 bits per heavy atom. The summed E-state index contributed by atoms with van der Waals surface area (Å²) in [5.74, 6) is 0.410. The van der Waals surface area contributed by atoms with Crippen LogP contribution in [0.3, 0.4) is 0 Å². The molecule has 2 rings (SSSR count). The maximum absolute atomic E-state index is 12.2. The van der Waals surface area contributed by atoms with Crippen molar-refractivity contribution in [3.05, 3.63) is 0 Å². The fraction of sp³-hybridized carbons (Fsp3) is 1.00. The molecule has 2 heterocycles. The highest BCUT2D eigenvalue weighted by atomic mass is 35.5. The van der Waals surface area contributed by atoms with E-state index in [1.165, 1.54) is 0 Å². The molecule has 2 aliphatic rings. The largest absolute Gasteiger partial charge is 0.282 e. The molecule has 1 atom stereocenters. The summed E-state index contributed by atoms with van der Waals surface area (Å²) < 4.78 is 27.6. The number of halogens is 1. The third-order valence-corrected chi connectivity index (χ3v) is 5.64. The van der Waals surface area contributed by atoms with Crippen LogP contribution in [0.4, 0.5) is 0 Å². The van der Waals surface area contributed by atoms with E-state index in [9.17, 15) is 8.42 Å². The van der Waals surface area contributed by atoms with Gasteiger partial charge in [-0.25, -0.2) is 0 Å². The summed E-state index contributed by atoms with van der Waals surface area (Å²) in [4.78, 5) is 0. The highest BCUT2D eigenvalue weighted by molar-refractivity contribution is 7.86. The van der Waals surface area contributed by atoms with Gasteiger partial charge in [0.2, 0.25) is 0 Å². The number of alkyl halides is 1. The summed E-state index contributed by atoms with van der Waals surface area (Å²) >= 11 is 5.79. The van der Waals surface area contributed by atoms with Gasteiger partial charge in [0, 0.05) is 31.6 Å². The summed E-state index contributed by atoms with van der Waals surface area (Å²) in [5, 5.41) is 0. The third-order valence-electron chi connectivity index (χ3n) is 3.19. The van der Waals surface area contributed by atoms with Crippen LogP contribution in [0, 0.1) is 0 Å². The molecule has 0 aliphatic carbocycles. The lowest BCUT2D eigenvalue weighted by Crippen LogP contribution is -2.45. The minimum atomic E-state index is -3.22. The van der Waals surface area contributed by atoms with Crippen molar-refractivity contribution in [3.63, 3.8) is 0 Å². The van der Waals surface area contributed by atoms with Gasteiger partial charge in [-0.05, 0) is 25.7 Å². The quantitative estimate of drug-likeness (QED) is 0.704. The van der Waals surface area contributed by atoms with Crippen molar-refractivity contribution in [2.75, 3.05) is 25.5 Å². The molecule has 0 aromatic rings. The van der Waals surface area contributed by atoms with E-state index in [4.69, 9.17) is 11.6 Å². The average molecular weight is 253 g/mol. The first-order valence-electron chi connectivity index (χ1n) is 5.49. The molecule has 1 unspecified atom stereocenters. The van der Waals surface area contributed by atoms with E-state index in [1.807, 2.05) is 0 Å². The van der Waals surface area contributed by atoms with E-state index in [2.05, 4.69) is 0 Å². The number of hydrogen-bond donors (Lipinski definition) is 0. The fourth-order valence-electron chi connectivity index (χ4n) is 2.33. The maximum atomic E-state index is 12.2. The van der Waals surface area contributed by atoms with Crippen molar-refractivity contribution >= 4 is 21.8 Å². The standard InChI is InChI=1S/C9H17ClN2O2S/c10-8-9-4-3-7-12(9)15(13,14)11-5-1-2-6-11/h9H,1-8H2. The summed E-state index contributed by atoms with van der Waals surface area (Å²) in [6.45, 7) is 1.98. The Kier molecular flexibility index (Phi) is 3.55. The highest BCUT2D eigenvalue weighted by Crippen LogP contribution is 2.26. The summed E-state index contributed by atoms with van der Waals surface area (Å²) in [5.41, 5.74) is 0. The van der Waals surface area contributed by atoms with Crippen molar-refractivity contribution in [1.29, 1.82) is 0 Å². The van der Waals surface area contributed by atoms with Gasteiger partial charge in [0.1, 0.15) is 0 Å². The van der Waals surface area contributed by atoms with Gasteiger partial charge in [0.25, 0.3) is 10.2 Å². The predicted molar refractivity (Wildman–Crippen MR) is 60.2 cm³/mol. The molecule has 88 valence electrons. The Hall–Kier alpha value is 0.160. The zero-order valence-corrected chi connectivity index (χ0v) is 10.3. The maximum Gasteiger partial charge on any atom is 0.282 e. The Balaban J connectivity index is 2.13.